The van der Waals surface area contributed by atoms with E-state index in [4.69, 9.17) is 4.74 Å². The predicted octanol–water partition coefficient (Wildman–Crippen LogP) is 3.51. The van der Waals surface area contributed by atoms with E-state index in [-0.39, 0.29) is 6.09 Å². The number of carbonyl (C=O) groups is 1. The van der Waals surface area contributed by atoms with Crippen molar-refractivity contribution in [3.8, 4) is 0 Å². The van der Waals surface area contributed by atoms with E-state index >= 15 is 0 Å². The monoisotopic (exact) mass is 284 g/mol. The van der Waals surface area contributed by atoms with E-state index in [1.807, 2.05) is 27.8 Å². The van der Waals surface area contributed by atoms with Crippen molar-refractivity contribution < 1.29 is 9.53 Å². The number of ether oxygens (including phenoxy) is 1. The lowest BCUT2D eigenvalue weighted by Gasteiger charge is -2.37. The Kier molecular flexibility index (Phi) is 6.80. The Labute approximate surface area is 124 Å². The lowest BCUT2D eigenvalue weighted by Crippen LogP contribution is -2.47. The lowest BCUT2D eigenvalue weighted by molar-refractivity contribution is 0.0152. The lowest BCUT2D eigenvalue weighted by atomic mass is 10.0. The maximum atomic E-state index is 12.0. The molecule has 4 heteroatoms. The summed E-state index contributed by atoms with van der Waals surface area (Å²) >= 11 is 0. The smallest absolute Gasteiger partial charge is 0.410 e. The van der Waals surface area contributed by atoms with Crippen LogP contribution in [0.3, 0.4) is 0 Å². The predicted molar refractivity (Wildman–Crippen MR) is 83.0 cm³/mol. The highest BCUT2D eigenvalue weighted by molar-refractivity contribution is 5.68. The molecule has 4 nitrogen and oxygen atoms in total. The molecule has 1 fully saturated rings. The van der Waals surface area contributed by atoms with Crippen molar-refractivity contribution in [3.63, 3.8) is 0 Å². The number of amides is 1. The molecule has 1 heterocycles. The molecular weight excluding hydrogens is 252 g/mol. The summed E-state index contributed by atoms with van der Waals surface area (Å²) in [6, 6.07) is 0.326. The molecule has 1 rings (SSSR count). The van der Waals surface area contributed by atoms with Crippen LogP contribution in [0.1, 0.15) is 59.8 Å². The topological polar surface area (TPSA) is 32.8 Å². The van der Waals surface area contributed by atoms with Gasteiger partial charge < -0.3 is 14.5 Å². The van der Waals surface area contributed by atoms with Crippen molar-refractivity contribution in [2.75, 3.05) is 26.7 Å². The first-order valence-electron chi connectivity index (χ1n) is 8.01. The quantitative estimate of drug-likeness (QED) is 0.724. The Bertz CT molecular complexity index is 291. The molecule has 0 bridgehead atoms. The molecule has 0 aromatic carbocycles. The largest absolute Gasteiger partial charge is 0.444 e. The van der Waals surface area contributed by atoms with Crippen molar-refractivity contribution >= 4 is 6.09 Å². The molecule has 0 N–H and O–H groups in total. The van der Waals surface area contributed by atoms with Crippen LogP contribution < -0.4 is 0 Å². The Hall–Kier alpha value is -0.770. The van der Waals surface area contributed by atoms with Gasteiger partial charge in [-0.3, -0.25) is 0 Å². The van der Waals surface area contributed by atoms with E-state index in [9.17, 15) is 4.79 Å². The molecule has 1 amide bonds. The number of piperidine rings is 1. The van der Waals surface area contributed by atoms with Gasteiger partial charge in [-0.15, -0.1) is 0 Å². The minimum Gasteiger partial charge on any atom is -0.444 e. The third kappa shape index (κ3) is 6.12. The molecule has 1 saturated heterocycles. The van der Waals surface area contributed by atoms with Crippen LogP contribution in [0.5, 0.6) is 0 Å². The van der Waals surface area contributed by atoms with Gasteiger partial charge in [0.2, 0.25) is 0 Å². The standard InChI is InChI=1S/C16H32N2O2/c1-6-7-8-11-18-12-9-14(10-13-18)17(5)15(19)20-16(2,3)4/h14H,6-13H2,1-5H3. The number of carbonyl (C=O) groups excluding carboxylic acids is 1. The number of hydrogen-bond donors (Lipinski definition) is 0. The zero-order valence-electron chi connectivity index (χ0n) is 13.9. The molecule has 0 spiro atoms. The first-order chi connectivity index (χ1) is 9.33. The van der Waals surface area contributed by atoms with Gasteiger partial charge in [0.15, 0.2) is 0 Å². The van der Waals surface area contributed by atoms with Crippen LogP contribution in [-0.2, 0) is 4.74 Å². The molecule has 0 radical (unpaired) electrons. The summed E-state index contributed by atoms with van der Waals surface area (Å²) in [6.45, 7) is 11.4. The fourth-order valence-corrected chi connectivity index (χ4v) is 2.60. The number of rotatable bonds is 5. The number of nitrogens with zero attached hydrogens (tertiary/aromatic N) is 2. The molecular formula is C16H32N2O2. The van der Waals surface area contributed by atoms with Crippen LogP contribution in [0.2, 0.25) is 0 Å². The van der Waals surface area contributed by atoms with Crippen molar-refractivity contribution in [2.45, 2.75) is 71.4 Å². The number of hydrogen-bond acceptors (Lipinski definition) is 3. The SMILES string of the molecule is CCCCCN1CCC(N(C)C(=O)OC(C)(C)C)CC1. The van der Waals surface area contributed by atoms with Crippen LogP contribution in [0.15, 0.2) is 0 Å². The van der Waals surface area contributed by atoms with Gasteiger partial charge in [0, 0.05) is 26.2 Å². The average Bonchev–Trinajstić information content (AvgIpc) is 2.37. The van der Waals surface area contributed by atoms with Crippen LogP contribution >= 0.6 is 0 Å². The summed E-state index contributed by atoms with van der Waals surface area (Å²) in [4.78, 5) is 16.3. The number of unbranched alkanes of at least 4 members (excludes halogenated alkanes) is 2. The second kappa shape index (κ2) is 7.87. The Morgan fingerprint density at radius 3 is 2.35 bits per heavy atom. The van der Waals surface area contributed by atoms with E-state index in [0.717, 1.165) is 25.9 Å². The van der Waals surface area contributed by atoms with Crippen LogP contribution in [0.25, 0.3) is 0 Å². The van der Waals surface area contributed by atoms with Gasteiger partial charge in [-0.25, -0.2) is 4.79 Å². The van der Waals surface area contributed by atoms with Crippen molar-refractivity contribution in [3.05, 3.63) is 0 Å². The molecule has 20 heavy (non-hydrogen) atoms. The van der Waals surface area contributed by atoms with E-state index in [1.54, 1.807) is 4.90 Å². The zero-order valence-corrected chi connectivity index (χ0v) is 13.9. The highest BCUT2D eigenvalue weighted by Gasteiger charge is 2.28. The van der Waals surface area contributed by atoms with Crippen LogP contribution in [-0.4, -0.2) is 54.2 Å². The van der Waals surface area contributed by atoms with Gasteiger partial charge in [-0.1, -0.05) is 19.8 Å². The molecule has 0 aromatic rings. The second-order valence-electron chi connectivity index (χ2n) is 6.87. The van der Waals surface area contributed by atoms with Crippen molar-refractivity contribution in [2.24, 2.45) is 0 Å². The summed E-state index contributed by atoms with van der Waals surface area (Å²) < 4.78 is 5.43. The summed E-state index contributed by atoms with van der Waals surface area (Å²) in [5, 5.41) is 0. The third-order valence-corrected chi connectivity index (χ3v) is 3.86. The maximum Gasteiger partial charge on any atom is 0.410 e. The molecule has 0 saturated carbocycles. The average molecular weight is 284 g/mol. The van der Waals surface area contributed by atoms with Crippen LogP contribution in [0, 0.1) is 0 Å². The summed E-state index contributed by atoms with van der Waals surface area (Å²) in [5.74, 6) is 0. The normalized spacial score (nSPS) is 18.1. The Balaban J connectivity index is 2.31. The Morgan fingerprint density at radius 1 is 1.25 bits per heavy atom. The van der Waals surface area contributed by atoms with Crippen molar-refractivity contribution in [1.29, 1.82) is 0 Å². The minimum atomic E-state index is -0.411. The van der Waals surface area contributed by atoms with Crippen molar-refractivity contribution in [1.82, 2.24) is 9.80 Å². The van der Waals surface area contributed by atoms with Gasteiger partial charge in [0.1, 0.15) is 5.60 Å². The fourth-order valence-electron chi connectivity index (χ4n) is 2.60. The highest BCUT2D eigenvalue weighted by atomic mass is 16.6. The van der Waals surface area contributed by atoms with E-state index in [1.165, 1.54) is 25.8 Å². The Morgan fingerprint density at radius 2 is 1.85 bits per heavy atom. The summed E-state index contributed by atoms with van der Waals surface area (Å²) in [5.41, 5.74) is -0.411. The van der Waals surface area contributed by atoms with Gasteiger partial charge >= 0.3 is 6.09 Å². The maximum absolute atomic E-state index is 12.0. The van der Waals surface area contributed by atoms with Gasteiger partial charge in [-0.2, -0.15) is 0 Å². The first-order valence-corrected chi connectivity index (χ1v) is 8.01. The van der Waals surface area contributed by atoms with Crippen LogP contribution in [0.4, 0.5) is 4.79 Å². The molecule has 1 aliphatic heterocycles. The van der Waals surface area contributed by atoms with E-state index in [0.29, 0.717) is 6.04 Å². The molecule has 0 aliphatic carbocycles. The molecule has 118 valence electrons. The van der Waals surface area contributed by atoms with Gasteiger partial charge in [-0.05, 0) is 46.6 Å². The second-order valence-corrected chi connectivity index (χ2v) is 6.87. The molecule has 0 atom stereocenters. The van der Waals surface area contributed by atoms with Gasteiger partial charge in [0.05, 0.1) is 0 Å². The minimum absolute atomic E-state index is 0.193. The fraction of sp³-hybridized carbons (Fsp3) is 0.938. The zero-order chi connectivity index (χ0) is 15.2. The molecule has 0 unspecified atom stereocenters. The summed E-state index contributed by atoms with van der Waals surface area (Å²) in [7, 11) is 1.87. The van der Waals surface area contributed by atoms with E-state index < -0.39 is 5.60 Å². The number of likely N-dealkylation sites (tertiary alicyclic amines) is 1. The molecule has 0 aromatic heterocycles. The van der Waals surface area contributed by atoms with E-state index in [2.05, 4.69) is 11.8 Å². The van der Waals surface area contributed by atoms with Gasteiger partial charge in [0.25, 0.3) is 0 Å². The molecule has 1 aliphatic rings. The highest BCUT2D eigenvalue weighted by Crippen LogP contribution is 2.18. The third-order valence-electron chi connectivity index (χ3n) is 3.86. The summed E-state index contributed by atoms with van der Waals surface area (Å²) in [6.07, 6.45) is 5.81. The first kappa shape index (κ1) is 17.3.